The highest BCUT2D eigenvalue weighted by atomic mass is 32.2. The fourth-order valence-electron chi connectivity index (χ4n) is 4.94. The molecule has 51 heavy (non-hydrogen) atoms. The Labute approximate surface area is 308 Å². The summed E-state index contributed by atoms with van der Waals surface area (Å²) in [5.41, 5.74) is 0.201. The standard InChI is InChI=1S/C37H61N5O8S/c1-11-15-28(29(43)20-25(6)32(44)41-30(23(2)3)33(45)38-21-26-16-13-12-14-17-26)40-35(47)49-22-27(18-19-51-10)39-34(46)31(24(4)5)42-36(48)50-37(7,8)9/h11-14,16-17,23-25,27-31,43H,1,15,18-22H2,2-10H3,(H,38,45)(H,39,46)(H,40,47)(H,41,44)(H,42,48)/t25-,27+,28+,29+,30+,31+/m1/s1. The predicted molar refractivity (Wildman–Crippen MR) is 201 cm³/mol. The van der Waals surface area contributed by atoms with E-state index < -0.39 is 65.8 Å². The normalized spacial score (nSPS) is 15.0. The van der Waals surface area contributed by atoms with Gasteiger partial charge in [0.05, 0.1) is 18.2 Å². The Hall–Kier alpha value is -3.78. The van der Waals surface area contributed by atoms with Crippen molar-refractivity contribution in [3.8, 4) is 0 Å². The van der Waals surface area contributed by atoms with Crippen molar-refractivity contribution in [1.82, 2.24) is 26.6 Å². The van der Waals surface area contributed by atoms with Crippen LogP contribution in [-0.4, -0.2) is 89.5 Å². The monoisotopic (exact) mass is 735 g/mol. The zero-order valence-electron chi connectivity index (χ0n) is 31.7. The van der Waals surface area contributed by atoms with Crippen LogP contribution in [0.2, 0.25) is 0 Å². The van der Waals surface area contributed by atoms with Crippen LogP contribution >= 0.6 is 11.8 Å². The maximum Gasteiger partial charge on any atom is 0.408 e. The number of amides is 5. The van der Waals surface area contributed by atoms with Gasteiger partial charge in [0.15, 0.2) is 0 Å². The molecule has 1 rings (SSSR count). The number of carbonyl (C=O) groups excluding carboxylic acids is 5. The molecular formula is C37H61N5O8S. The maximum absolute atomic E-state index is 13.2. The quantitative estimate of drug-likeness (QED) is 0.100. The summed E-state index contributed by atoms with van der Waals surface area (Å²) in [5, 5.41) is 24.9. The van der Waals surface area contributed by atoms with Crippen LogP contribution in [0.5, 0.6) is 0 Å². The maximum atomic E-state index is 13.2. The lowest BCUT2D eigenvalue weighted by Crippen LogP contribution is -2.54. The second kappa shape index (κ2) is 22.9. The summed E-state index contributed by atoms with van der Waals surface area (Å²) in [6, 6.07) is 6.42. The van der Waals surface area contributed by atoms with Gasteiger partial charge in [0, 0.05) is 12.5 Å². The number of nitrogens with one attached hydrogen (secondary N) is 5. The van der Waals surface area contributed by atoms with E-state index in [0.717, 1.165) is 5.56 Å². The fourth-order valence-corrected chi connectivity index (χ4v) is 5.46. The Balaban J connectivity index is 2.81. The molecule has 6 N–H and O–H groups in total. The number of benzene rings is 1. The topological polar surface area (TPSA) is 184 Å². The van der Waals surface area contributed by atoms with E-state index in [1.165, 1.54) is 6.08 Å². The summed E-state index contributed by atoms with van der Waals surface area (Å²) in [6.45, 7) is 18.0. The average Bonchev–Trinajstić information content (AvgIpc) is 3.05. The van der Waals surface area contributed by atoms with E-state index in [0.29, 0.717) is 18.7 Å². The zero-order valence-corrected chi connectivity index (χ0v) is 32.6. The minimum absolute atomic E-state index is 0.00524. The third-order valence-electron chi connectivity index (χ3n) is 7.84. The highest BCUT2D eigenvalue weighted by Crippen LogP contribution is 2.15. The van der Waals surface area contributed by atoms with Gasteiger partial charge < -0.3 is 41.2 Å². The number of hydrogen-bond acceptors (Lipinski definition) is 9. The minimum atomic E-state index is -1.14. The molecule has 14 heteroatoms. The molecule has 0 bridgehead atoms. The van der Waals surface area contributed by atoms with Crippen molar-refractivity contribution >= 4 is 41.7 Å². The number of alkyl carbamates (subject to hydrolysis) is 2. The van der Waals surface area contributed by atoms with Crippen molar-refractivity contribution in [2.75, 3.05) is 18.6 Å². The summed E-state index contributed by atoms with van der Waals surface area (Å²) in [7, 11) is 0. The molecule has 6 atom stereocenters. The molecule has 13 nitrogen and oxygen atoms in total. The van der Waals surface area contributed by atoms with Crippen molar-refractivity contribution in [3.63, 3.8) is 0 Å². The Morgan fingerprint density at radius 3 is 2.02 bits per heavy atom. The molecule has 0 aliphatic rings. The van der Waals surface area contributed by atoms with Gasteiger partial charge >= 0.3 is 12.2 Å². The highest BCUT2D eigenvalue weighted by molar-refractivity contribution is 7.98. The summed E-state index contributed by atoms with van der Waals surface area (Å²) in [5.74, 6) is -1.61. The Bertz CT molecular complexity index is 1260. The van der Waals surface area contributed by atoms with Gasteiger partial charge in [-0.2, -0.15) is 11.8 Å². The molecule has 0 saturated heterocycles. The molecule has 0 radical (unpaired) electrons. The first-order chi connectivity index (χ1) is 23.9. The first-order valence-electron chi connectivity index (χ1n) is 17.5. The van der Waals surface area contributed by atoms with Crippen LogP contribution in [0.15, 0.2) is 43.0 Å². The molecule has 1 aromatic carbocycles. The van der Waals surface area contributed by atoms with Crippen LogP contribution in [0.3, 0.4) is 0 Å². The molecule has 0 spiro atoms. The summed E-state index contributed by atoms with van der Waals surface area (Å²) < 4.78 is 10.8. The lowest BCUT2D eigenvalue weighted by atomic mass is 9.95. The van der Waals surface area contributed by atoms with Gasteiger partial charge in [0.25, 0.3) is 0 Å². The molecule has 0 unspecified atom stereocenters. The van der Waals surface area contributed by atoms with Crippen molar-refractivity contribution in [3.05, 3.63) is 48.6 Å². The third-order valence-corrected chi connectivity index (χ3v) is 8.49. The van der Waals surface area contributed by atoms with Crippen LogP contribution in [0.4, 0.5) is 9.59 Å². The smallest absolute Gasteiger partial charge is 0.408 e. The zero-order chi connectivity index (χ0) is 38.7. The van der Waals surface area contributed by atoms with E-state index in [4.69, 9.17) is 9.47 Å². The van der Waals surface area contributed by atoms with E-state index in [-0.39, 0.29) is 37.2 Å². The van der Waals surface area contributed by atoms with Crippen molar-refractivity contribution in [2.24, 2.45) is 17.8 Å². The predicted octanol–water partition coefficient (Wildman–Crippen LogP) is 4.29. The molecule has 288 valence electrons. The van der Waals surface area contributed by atoms with Gasteiger partial charge in [-0.25, -0.2) is 9.59 Å². The van der Waals surface area contributed by atoms with E-state index in [1.54, 1.807) is 53.3 Å². The number of thioether (sulfide) groups is 1. The summed E-state index contributed by atoms with van der Waals surface area (Å²) in [4.78, 5) is 64.6. The van der Waals surface area contributed by atoms with Gasteiger partial charge in [0.1, 0.15) is 24.3 Å². The van der Waals surface area contributed by atoms with E-state index in [9.17, 15) is 29.1 Å². The Kier molecular flexibility index (Phi) is 20.3. The van der Waals surface area contributed by atoms with Crippen LogP contribution in [0.1, 0.15) is 80.2 Å². The Morgan fingerprint density at radius 1 is 0.863 bits per heavy atom. The van der Waals surface area contributed by atoms with E-state index in [1.807, 2.05) is 50.4 Å². The molecule has 0 saturated carbocycles. The van der Waals surface area contributed by atoms with Crippen LogP contribution in [0.25, 0.3) is 0 Å². The van der Waals surface area contributed by atoms with Crippen molar-refractivity contribution in [2.45, 2.75) is 117 Å². The summed E-state index contributed by atoms with van der Waals surface area (Å²) in [6.07, 6.45) is 1.46. The van der Waals surface area contributed by atoms with Gasteiger partial charge in [-0.1, -0.05) is 71.0 Å². The highest BCUT2D eigenvalue weighted by Gasteiger charge is 2.31. The second-order valence-corrected chi connectivity index (χ2v) is 15.4. The van der Waals surface area contributed by atoms with Gasteiger partial charge in [0.2, 0.25) is 17.7 Å². The first kappa shape index (κ1) is 45.2. The number of rotatable bonds is 21. The van der Waals surface area contributed by atoms with E-state index >= 15 is 0 Å². The van der Waals surface area contributed by atoms with Crippen LogP contribution < -0.4 is 26.6 Å². The fraction of sp³-hybridized carbons (Fsp3) is 0.649. The Morgan fingerprint density at radius 2 is 1.47 bits per heavy atom. The van der Waals surface area contributed by atoms with Gasteiger partial charge in [-0.05, 0) is 69.4 Å². The molecule has 0 aliphatic heterocycles. The van der Waals surface area contributed by atoms with Crippen molar-refractivity contribution in [1.29, 1.82) is 0 Å². The molecule has 0 aliphatic carbocycles. The van der Waals surface area contributed by atoms with Gasteiger partial charge in [-0.3, -0.25) is 14.4 Å². The number of aliphatic hydroxyl groups is 1. The number of hydrogen-bond donors (Lipinski definition) is 6. The second-order valence-electron chi connectivity index (χ2n) is 14.4. The third kappa shape index (κ3) is 18.3. The SMILES string of the molecule is C=CC[C@H](NC(=O)OC[C@H](CCSC)NC(=O)[C@@H](NC(=O)OC(C)(C)C)C(C)C)[C@@H](O)C[C@@H](C)C(=O)N[C@H](C(=O)NCc1ccccc1)C(C)C. The lowest BCUT2D eigenvalue weighted by Gasteiger charge is -2.28. The number of carbonyl (C=O) groups is 5. The molecule has 0 fully saturated rings. The first-order valence-corrected chi connectivity index (χ1v) is 18.9. The number of aliphatic hydroxyl groups excluding tert-OH is 1. The summed E-state index contributed by atoms with van der Waals surface area (Å²) >= 11 is 1.56. The van der Waals surface area contributed by atoms with Crippen LogP contribution in [-0.2, 0) is 30.4 Å². The van der Waals surface area contributed by atoms with Gasteiger partial charge in [-0.15, -0.1) is 6.58 Å². The van der Waals surface area contributed by atoms with E-state index in [2.05, 4.69) is 33.2 Å². The molecule has 0 heterocycles. The van der Waals surface area contributed by atoms with Crippen molar-refractivity contribution < 1.29 is 38.6 Å². The molecule has 5 amide bonds. The molecule has 1 aromatic rings. The minimum Gasteiger partial charge on any atom is -0.447 e. The lowest BCUT2D eigenvalue weighted by molar-refractivity contribution is -0.132. The number of ether oxygens (including phenoxy) is 2. The molecule has 0 aromatic heterocycles. The van der Waals surface area contributed by atoms with Crippen LogP contribution in [0, 0.1) is 17.8 Å². The largest absolute Gasteiger partial charge is 0.447 e. The average molecular weight is 736 g/mol. The molecular weight excluding hydrogens is 675 g/mol.